The molecule has 192 valence electrons. The van der Waals surface area contributed by atoms with Crippen molar-refractivity contribution in [2.75, 3.05) is 39.4 Å². The molecule has 5 rings (SSSR count). The van der Waals surface area contributed by atoms with Crippen LogP contribution in [0.2, 0.25) is 0 Å². The van der Waals surface area contributed by atoms with Gasteiger partial charge in [-0.15, -0.1) is 0 Å². The summed E-state index contributed by atoms with van der Waals surface area (Å²) >= 11 is 0. The van der Waals surface area contributed by atoms with Crippen molar-refractivity contribution < 1.29 is 19.2 Å². The number of hydrogen-bond donors (Lipinski definition) is 0. The first-order valence-electron chi connectivity index (χ1n) is 12.9. The Bertz CT molecular complexity index is 1020. The number of amides is 2. The number of piperidine rings is 1. The molecule has 0 aromatic heterocycles. The molecule has 0 spiro atoms. The average molecular weight is 492 g/mol. The molecule has 0 N–H and O–H groups in total. The Labute approximate surface area is 214 Å². The average Bonchev–Trinajstić information content (AvgIpc) is 3.30. The molecule has 3 aliphatic heterocycles. The van der Waals surface area contributed by atoms with Crippen LogP contribution in [0.1, 0.15) is 54.6 Å². The van der Waals surface area contributed by atoms with E-state index in [2.05, 4.69) is 35.5 Å². The van der Waals surface area contributed by atoms with Crippen LogP contribution in [0.25, 0.3) is 0 Å². The third-order valence-corrected chi connectivity index (χ3v) is 6.92. The fourth-order valence-corrected chi connectivity index (χ4v) is 4.76. The highest BCUT2D eigenvalue weighted by molar-refractivity contribution is 6.02. The molecule has 0 unspecified atom stereocenters. The molecular formula is C29H37N3O4. The number of hydrogen-bond acceptors (Lipinski definition) is 5. The number of nitrogens with zero attached hydrogens (tertiary/aromatic N) is 3. The maximum atomic E-state index is 12.9. The van der Waals surface area contributed by atoms with Gasteiger partial charge in [-0.25, -0.2) is 0 Å². The van der Waals surface area contributed by atoms with Crippen LogP contribution in [0.5, 0.6) is 0 Å². The maximum absolute atomic E-state index is 12.9. The molecule has 0 radical (unpaired) electrons. The molecule has 2 aromatic carbocycles. The van der Waals surface area contributed by atoms with E-state index >= 15 is 0 Å². The zero-order valence-corrected chi connectivity index (χ0v) is 21.4. The molecule has 0 bridgehead atoms. The minimum absolute atomic E-state index is 0.134. The smallest absolute Gasteiger partial charge is 0.253 e. The van der Waals surface area contributed by atoms with Crippen molar-refractivity contribution in [3.63, 3.8) is 0 Å². The van der Waals surface area contributed by atoms with Crippen LogP contribution in [-0.2, 0) is 20.8 Å². The Morgan fingerprint density at radius 3 is 2.22 bits per heavy atom. The van der Waals surface area contributed by atoms with Crippen LogP contribution in [0.4, 0.5) is 0 Å². The SMILES string of the molecule is CC1(C)CC(c2ccc(C(=O)N3CCC(Cc4ccccc4)CC3)cc2)=NO1.O=CN1CCOCC1. The summed E-state index contributed by atoms with van der Waals surface area (Å²) in [7, 11) is 0. The highest BCUT2D eigenvalue weighted by Gasteiger charge is 2.30. The lowest BCUT2D eigenvalue weighted by molar-refractivity contribution is -0.121. The van der Waals surface area contributed by atoms with Crippen LogP contribution < -0.4 is 0 Å². The number of ether oxygens (including phenoxy) is 1. The quantitative estimate of drug-likeness (QED) is 0.589. The van der Waals surface area contributed by atoms with Gasteiger partial charge >= 0.3 is 0 Å². The van der Waals surface area contributed by atoms with Crippen LogP contribution in [-0.4, -0.2) is 72.8 Å². The molecule has 7 heteroatoms. The first-order valence-corrected chi connectivity index (χ1v) is 12.9. The van der Waals surface area contributed by atoms with E-state index in [0.29, 0.717) is 19.1 Å². The third-order valence-electron chi connectivity index (χ3n) is 6.92. The van der Waals surface area contributed by atoms with Crippen molar-refractivity contribution in [1.82, 2.24) is 9.80 Å². The molecule has 0 aliphatic carbocycles. The number of likely N-dealkylation sites (tertiary alicyclic amines) is 1. The summed E-state index contributed by atoms with van der Waals surface area (Å²) in [4.78, 5) is 32.1. The van der Waals surface area contributed by atoms with Crippen molar-refractivity contribution in [2.24, 2.45) is 11.1 Å². The number of benzene rings is 2. The van der Waals surface area contributed by atoms with Gasteiger partial charge in [0, 0.05) is 38.2 Å². The zero-order chi connectivity index (χ0) is 25.4. The summed E-state index contributed by atoms with van der Waals surface area (Å²) in [5.41, 5.74) is 3.89. The second kappa shape index (κ2) is 12.2. The normalized spacial score (nSPS) is 19.6. The predicted molar refractivity (Wildman–Crippen MR) is 140 cm³/mol. The monoisotopic (exact) mass is 491 g/mol. The maximum Gasteiger partial charge on any atom is 0.253 e. The molecule has 7 nitrogen and oxygen atoms in total. The fourth-order valence-electron chi connectivity index (χ4n) is 4.76. The Balaban J connectivity index is 0.000000325. The first-order chi connectivity index (χ1) is 17.4. The largest absolute Gasteiger partial charge is 0.389 e. The minimum atomic E-state index is -0.242. The van der Waals surface area contributed by atoms with Crippen molar-refractivity contribution >= 4 is 18.0 Å². The van der Waals surface area contributed by atoms with Crippen molar-refractivity contribution in [3.05, 3.63) is 71.3 Å². The van der Waals surface area contributed by atoms with E-state index in [9.17, 15) is 9.59 Å². The minimum Gasteiger partial charge on any atom is -0.389 e. The molecule has 2 fully saturated rings. The highest BCUT2D eigenvalue weighted by atomic mass is 16.7. The summed E-state index contributed by atoms with van der Waals surface area (Å²) in [5, 5.41) is 4.19. The van der Waals surface area contributed by atoms with Crippen molar-refractivity contribution in [3.8, 4) is 0 Å². The number of carbonyl (C=O) groups excluding carboxylic acids is 2. The third kappa shape index (κ3) is 7.17. The summed E-state index contributed by atoms with van der Waals surface area (Å²) < 4.78 is 5.00. The summed E-state index contributed by atoms with van der Waals surface area (Å²) in [6.07, 6.45) is 4.90. The number of rotatable bonds is 5. The highest BCUT2D eigenvalue weighted by Crippen LogP contribution is 2.26. The second-order valence-corrected chi connectivity index (χ2v) is 10.3. The molecule has 3 heterocycles. The van der Waals surface area contributed by atoms with Crippen LogP contribution >= 0.6 is 0 Å². The van der Waals surface area contributed by atoms with E-state index in [1.165, 1.54) is 5.56 Å². The Hall–Kier alpha value is -3.19. The molecule has 0 atom stereocenters. The summed E-state index contributed by atoms with van der Waals surface area (Å²) in [6, 6.07) is 18.5. The van der Waals surface area contributed by atoms with Gasteiger partial charge in [0.25, 0.3) is 5.91 Å². The topological polar surface area (TPSA) is 71.4 Å². The lowest BCUT2D eigenvalue weighted by Crippen LogP contribution is -2.38. The van der Waals surface area contributed by atoms with Gasteiger partial charge in [0.2, 0.25) is 6.41 Å². The fraction of sp³-hybridized carbons (Fsp3) is 0.483. The molecule has 36 heavy (non-hydrogen) atoms. The van der Waals surface area contributed by atoms with E-state index in [-0.39, 0.29) is 11.5 Å². The van der Waals surface area contributed by atoms with Gasteiger partial charge in [-0.1, -0.05) is 47.6 Å². The van der Waals surface area contributed by atoms with Gasteiger partial charge in [-0.2, -0.15) is 0 Å². The number of oxime groups is 1. The molecule has 2 saturated heterocycles. The lowest BCUT2D eigenvalue weighted by Gasteiger charge is -2.32. The van der Waals surface area contributed by atoms with Crippen LogP contribution in [0.3, 0.4) is 0 Å². The van der Waals surface area contributed by atoms with Gasteiger partial charge < -0.3 is 19.4 Å². The predicted octanol–water partition coefficient (Wildman–Crippen LogP) is 4.16. The molecule has 2 amide bonds. The molecular weight excluding hydrogens is 454 g/mol. The lowest BCUT2D eigenvalue weighted by atomic mass is 9.90. The standard InChI is InChI=1S/C24H28N2O2.C5H9NO2/c1-24(2)17-22(25-28-24)20-8-10-21(11-9-20)23(27)26-14-12-19(13-15-26)16-18-6-4-3-5-7-18;7-5-6-1-3-8-4-2-6/h3-11,19H,12-17H2,1-2H3;5H,1-4H2. The number of morpholine rings is 1. The van der Waals surface area contributed by atoms with E-state index in [1.807, 2.05) is 43.0 Å². The second-order valence-electron chi connectivity index (χ2n) is 10.3. The van der Waals surface area contributed by atoms with E-state index in [0.717, 1.165) is 75.1 Å². The Kier molecular flexibility index (Phi) is 8.75. The number of carbonyl (C=O) groups is 2. The molecule has 3 aliphatic rings. The van der Waals surface area contributed by atoms with E-state index < -0.39 is 0 Å². The first kappa shape index (κ1) is 25.9. The van der Waals surface area contributed by atoms with Crippen molar-refractivity contribution in [1.29, 1.82) is 0 Å². The van der Waals surface area contributed by atoms with Gasteiger partial charge in [-0.05, 0) is 62.3 Å². The van der Waals surface area contributed by atoms with Crippen LogP contribution in [0, 0.1) is 5.92 Å². The van der Waals surface area contributed by atoms with Crippen molar-refractivity contribution in [2.45, 2.75) is 45.1 Å². The van der Waals surface area contributed by atoms with Gasteiger partial charge in [-0.3, -0.25) is 9.59 Å². The Morgan fingerprint density at radius 1 is 1.00 bits per heavy atom. The summed E-state index contributed by atoms with van der Waals surface area (Å²) in [5.74, 6) is 0.798. The zero-order valence-electron chi connectivity index (χ0n) is 21.4. The molecule has 0 saturated carbocycles. The molecule has 2 aromatic rings. The van der Waals surface area contributed by atoms with Gasteiger partial charge in [0.15, 0.2) is 0 Å². The van der Waals surface area contributed by atoms with E-state index in [4.69, 9.17) is 9.57 Å². The van der Waals surface area contributed by atoms with E-state index in [1.54, 1.807) is 4.90 Å². The Morgan fingerprint density at radius 2 is 1.67 bits per heavy atom. The van der Waals surface area contributed by atoms with Gasteiger partial charge in [0.1, 0.15) is 5.60 Å². The summed E-state index contributed by atoms with van der Waals surface area (Å²) in [6.45, 7) is 8.63. The van der Waals surface area contributed by atoms with Gasteiger partial charge in [0.05, 0.1) is 18.9 Å². The van der Waals surface area contributed by atoms with Crippen LogP contribution in [0.15, 0.2) is 59.8 Å².